The number of anilines is 1. The van der Waals surface area contributed by atoms with Crippen molar-refractivity contribution < 1.29 is 9.59 Å². The predicted molar refractivity (Wildman–Crippen MR) is 98.0 cm³/mol. The van der Waals surface area contributed by atoms with Gasteiger partial charge in [0.2, 0.25) is 5.91 Å². The molecular formula is C16H20N4O2S2. The number of aromatic nitrogens is 3. The van der Waals surface area contributed by atoms with Crippen LogP contribution in [-0.4, -0.2) is 38.5 Å². The van der Waals surface area contributed by atoms with Gasteiger partial charge in [-0.2, -0.15) is 0 Å². The van der Waals surface area contributed by atoms with Crippen molar-refractivity contribution in [2.24, 2.45) is 7.05 Å². The number of carbonyl (C=O) groups is 2. The Bertz CT molecular complexity index is 759. The molecule has 0 radical (unpaired) electrons. The zero-order valence-corrected chi connectivity index (χ0v) is 15.8. The summed E-state index contributed by atoms with van der Waals surface area (Å²) in [6.45, 7) is 3.48. The maximum Gasteiger partial charge on any atom is 0.221 e. The minimum absolute atomic E-state index is 0.0192. The van der Waals surface area contributed by atoms with E-state index in [2.05, 4.69) is 15.5 Å². The number of nitrogens with one attached hydrogen (secondary N) is 1. The number of nitrogens with zero attached hydrogens (tertiary/aromatic N) is 3. The molecule has 6 nitrogen and oxygen atoms in total. The van der Waals surface area contributed by atoms with Gasteiger partial charge in [0.15, 0.2) is 10.9 Å². The first-order chi connectivity index (χ1) is 11.5. The van der Waals surface area contributed by atoms with E-state index in [1.807, 2.05) is 30.9 Å². The van der Waals surface area contributed by atoms with Crippen LogP contribution in [0.4, 0.5) is 5.69 Å². The van der Waals surface area contributed by atoms with Crippen molar-refractivity contribution in [3.8, 4) is 0 Å². The zero-order valence-electron chi connectivity index (χ0n) is 14.1. The third kappa shape index (κ3) is 4.39. The van der Waals surface area contributed by atoms with E-state index in [1.54, 1.807) is 12.1 Å². The van der Waals surface area contributed by atoms with Gasteiger partial charge < -0.3 is 9.88 Å². The second kappa shape index (κ2) is 8.34. The first-order valence-corrected chi connectivity index (χ1v) is 9.67. The maximum absolute atomic E-state index is 12.4. The van der Waals surface area contributed by atoms with Gasteiger partial charge in [0.25, 0.3) is 0 Å². The van der Waals surface area contributed by atoms with Crippen LogP contribution in [0.25, 0.3) is 0 Å². The van der Waals surface area contributed by atoms with Crippen molar-refractivity contribution in [3.05, 3.63) is 29.6 Å². The van der Waals surface area contributed by atoms with Gasteiger partial charge in [0.05, 0.1) is 11.4 Å². The molecule has 0 saturated heterocycles. The number of hydrogen-bond donors (Lipinski definition) is 1. The van der Waals surface area contributed by atoms with Crippen molar-refractivity contribution in [2.45, 2.75) is 30.3 Å². The van der Waals surface area contributed by atoms with E-state index in [-0.39, 0.29) is 11.7 Å². The number of benzene rings is 1. The summed E-state index contributed by atoms with van der Waals surface area (Å²) in [6.07, 6.45) is 2.72. The molecule has 1 amide bonds. The lowest BCUT2D eigenvalue weighted by Gasteiger charge is -2.10. The standard InChI is InChI=1S/C16H20N4O2S2/c1-5-15-18-19-16(20(15)3)24-9-13(22)11-6-7-12(17-10(2)21)14(8-11)23-4/h6-8H,5,9H2,1-4H3,(H,17,21). The molecule has 8 heteroatoms. The number of aryl methyl sites for hydroxylation is 1. The van der Waals surface area contributed by atoms with Gasteiger partial charge in [-0.05, 0) is 24.5 Å². The van der Waals surface area contributed by atoms with Crippen LogP contribution in [0, 0.1) is 0 Å². The smallest absolute Gasteiger partial charge is 0.221 e. The van der Waals surface area contributed by atoms with Crippen LogP contribution in [0.5, 0.6) is 0 Å². The average Bonchev–Trinajstić information content (AvgIpc) is 2.92. The quantitative estimate of drug-likeness (QED) is 0.601. The molecule has 0 aliphatic carbocycles. The number of rotatable bonds is 7. The molecule has 0 atom stereocenters. The molecule has 24 heavy (non-hydrogen) atoms. The summed E-state index contributed by atoms with van der Waals surface area (Å²) in [5.74, 6) is 1.08. The predicted octanol–water partition coefficient (Wildman–Crippen LogP) is 3.03. The van der Waals surface area contributed by atoms with E-state index in [0.29, 0.717) is 11.3 Å². The Labute approximate surface area is 149 Å². The number of ketones is 1. The Hall–Kier alpha value is -1.80. The minimum atomic E-state index is -0.131. The summed E-state index contributed by atoms with van der Waals surface area (Å²) in [5.41, 5.74) is 1.35. The number of hydrogen-bond acceptors (Lipinski definition) is 6. The van der Waals surface area contributed by atoms with Crippen molar-refractivity contribution in [2.75, 3.05) is 17.3 Å². The van der Waals surface area contributed by atoms with Gasteiger partial charge in [-0.25, -0.2) is 0 Å². The molecule has 1 aromatic carbocycles. The normalized spacial score (nSPS) is 10.7. The summed E-state index contributed by atoms with van der Waals surface area (Å²) < 4.78 is 1.91. The van der Waals surface area contributed by atoms with E-state index in [9.17, 15) is 9.59 Å². The molecule has 0 fully saturated rings. The summed E-state index contributed by atoms with van der Waals surface area (Å²) in [6, 6.07) is 5.32. The molecule has 0 saturated carbocycles. The average molecular weight is 364 g/mol. The molecule has 1 N–H and O–H groups in total. The van der Waals surface area contributed by atoms with Crippen molar-refractivity contribution in [1.29, 1.82) is 0 Å². The third-order valence-electron chi connectivity index (χ3n) is 3.41. The van der Waals surface area contributed by atoms with E-state index in [4.69, 9.17) is 0 Å². The summed E-state index contributed by atoms with van der Waals surface area (Å²) in [7, 11) is 1.90. The van der Waals surface area contributed by atoms with Crippen molar-refractivity contribution in [1.82, 2.24) is 14.8 Å². The largest absolute Gasteiger partial charge is 0.325 e. The Balaban J connectivity index is 2.09. The number of amides is 1. The fourth-order valence-corrected chi connectivity index (χ4v) is 3.56. The Morgan fingerprint density at radius 3 is 2.62 bits per heavy atom. The molecule has 0 spiro atoms. The molecule has 0 aliphatic rings. The van der Waals surface area contributed by atoms with Gasteiger partial charge in [-0.1, -0.05) is 18.7 Å². The second-order valence-corrected chi connectivity index (χ2v) is 6.91. The van der Waals surface area contributed by atoms with Gasteiger partial charge in [-0.3, -0.25) is 9.59 Å². The zero-order chi connectivity index (χ0) is 17.7. The molecular weight excluding hydrogens is 344 g/mol. The van der Waals surface area contributed by atoms with Crippen LogP contribution in [0.2, 0.25) is 0 Å². The van der Waals surface area contributed by atoms with Crippen LogP contribution >= 0.6 is 23.5 Å². The fraction of sp³-hybridized carbons (Fsp3) is 0.375. The highest BCUT2D eigenvalue weighted by Gasteiger charge is 2.13. The number of thioether (sulfide) groups is 2. The molecule has 0 bridgehead atoms. The second-order valence-electron chi connectivity index (χ2n) is 5.12. The van der Waals surface area contributed by atoms with Gasteiger partial charge in [-0.15, -0.1) is 22.0 Å². The van der Waals surface area contributed by atoms with Crippen LogP contribution in [0.1, 0.15) is 30.0 Å². The molecule has 0 unspecified atom stereocenters. The lowest BCUT2D eigenvalue weighted by atomic mass is 10.1. The monoisotopic (exact) mass is 364 g/mol. The maximum atomic E-state index is 12.4. The fourth-order valence-electron chi connectivity index (χ4n) is 2.15. The lowest BCUT2D eigenvalue weighted by Crippen LogP contribution is -2.08. The highest BCUT2D eigenvalue weighted by Crippen LogP contribution is 2.27. The van der Waals surface area contributed by atoms with E-state index in [0.717, 1.165) is 28.0 Å². The molecule has 1 aromatic heterocycles. The summed E-state index contributed by atoms with van der Waals surface area (Å²) in [5, 5.41) is 11.7. The Morgan fingerprint density at radius 2 is 2.04 bits per heavy atom. The Morgan fingerprint density at radius 1 is 1.29 bits per heavy atom. The number of Topliss-reactive ketones (excluding diaryl/α,β-unsaturated/α-hetero) is 1. The molecule has 2 rings (SSSR count). The van der Waals surface area contributed by atoms with Crippen LogP contribution in [0.15, 0.2) is 28.3 Å². The molecule has 2 aromatic rings. The van der Waals surface area contributed by atoms with E-state index >= 15 is 0 Å². The van der Waals surface area contributed by atoms with E-state index < -0.39 is 0 Å². The first-order valence-electron chi connectivity index (χ1n) is 7.46. The minimum Gasteiger partial charge on any atom is -0.325 e. The molecule has 1 heterocycles. The third-order valence-corrected chi connectivity index (χ3v) is 5.21. The van der Waals surface area contributed by atoms with Gasteiger partial charge in [0, 0.05) is 30.9 Å². The Kier molecular flexibility index (Phi) is 6.44. The molecule has 128 valence electrons. The topological polar surface area (TPSA) is 76.9 Å². The summed E-state index contributed by atoms with van der Waals surface area (Å²) in [4.78, 5) is 24.5. The summed E-state index contributed by atoms with van der Waals surface area (Å²) >= 11 is 2.87. The highest BCUT2D eigenvalue weighted by atomic mass is 32.2. The number of carbonyl (C=O) groups excluding carboxylic acids is 2. The van der Waals surface area contributed by atoms with Crippen molar-refractivity contribution >= 4 is 40.9 Å². The van der Waals surface area contributed by atoms with Gasteiger partial charge in [0.1, 0.15) is 5.82 Å². The first kappa shape index (κ1) is 18.5. The van der Waals surface area contributed by atoms with Crippen LogP contribution < -0.4 is 5.32 Å². The van der Waals surface area contributed by atoms with Crippen LogP contribution in [0.3, 0.4) is 0 Å². The van der Waals surface area contributed by atoms with E-state index in [1.165, 1.54) is 30.4 Å². The van der Waals surface area contributed by atoms with Crippen molar-refractivity contribution in [3.63, 3.8) is 0 Å². The van der Waals surface area contributed by atoms with Gasteiger partial charge >= 0.3 is 0 Å². The lowest BCUT2D eigenvalue weighted by molar-refractivity contribution is -0.114. The highest BCUT2D eigenvalue weighted by molar-refractivity contribution is 7.99. The molecule has 0 aliphatic heterocycles. The SMILES string of the molecule is CCc1nnc(SCC(=O)c2ccc(NC(C)=O)c(SC)c2)n1C. The van der Waals surface area contributed by atoms with Crippen LogP contribution in [-0.2, 0) is 18.3 Å².